The van der Waals surface area contributed by atoms with Crippen molar-refractivity contribution in [3.63, 3.8) is 0 Å². The molecule has 0 bridgehead atoms. The molecular weight excluding hydrogens is 176 g/mol. The molecule has 0 amide bonds. The van der Waals surface area contributed by atoms with Crippen LogP contribution in [0.3, 0.4) is 0 Å². The Balaban J connectivity index is 2.65. The van der Waals surface area contributed by atoms with Crippen molar-refractivity contribution in [1.82, 2.24) is 5.48 Å². The van der Waals surface area contributed by atoms with Gasteiger partial charge in [0.15, 0.2) is 0 Å². The van der Waals surface area contributed by atoms with Crippen molar-refractivity contribution < 1.29 is 4.84 Å². The first kappa shape index (κ1) is 10.7. The van der Waals surface area contributed by atoms with E-state index in [4.69, 9.17) is 10.1 Å². The topological polar surface area (TPSA) is 45.0 Å². The lowest BCUT2D eigenvalue weighted by atomic mass is 10.1. The van der Waals surface area contributed by atoms with Crippen LogP contribution in [0.2, 0.25) is 0 Å². The molecule has 0 aliphatic heterocycles. The Morgan fingerprint density at radius 1 is 1.50 bits per heavy atom. The van der Waals surface area contributed by atoms with Crippen molar-refractivity contribution in [3.05, 3.63) is 34.9 Å². The minimum Gasteiger partial charge on any atom is -0.302 e. The summed E-state index contributed by atoms with van der Waals surface area (Å²) in [4.78, 5) is 5.03. The highest BCUT2D eigenvalue weighted by molar-refractivity contribution is 5.37. The van der Waals surface area contributed by atoms with E-state index in [1.807, 2.05) is 32.0 Å². The standard InChI is InChI=1S/C11H14N2O/c1-3-14-13-8-11-5-4-10(7-12)6-9(11)2/h4-6,13H,3,8H2,1-2H3. The molecule has 1 aromatic rings. The maximum absolute atomic E-state index is 8.68. The summed E-state index contributed by atoms with van der Waals surface area (Å²) in [5, 5.41) is 8.68. The third-order valence-electron chi connectivity index (χ3n) is 1.98. The lowest BCUT2D eigenvalue weighted by Gasteiger charge is -2.06. The van der Waals surface area contributed by atoms with Gasteiger partial charge in [-0.2, -0.15) is 10.7 Å². The average molecular weight is 190 g/mol. The van der Waals surface area contributed by atoms with E-state index in [2.05, 4.69) is 11.5 Å². The average Bonchev–Trinajstić information content (AvgIpc) is 2.20. The van der Waals surface area contributed by atoms with Gasteiger partial charge in [0.2, 0.25) is 0 Å². The van der Waals surface area contributed by atoms with Gasteiger partial charge in [-0.25, -0.2) is 0 Å². The summed E-state index contributed by atoms with van der Waals surface area (Å²) in [6, 6.07) is 7.75. The fourth-order valence-corrected chi connectivity index (χ4v) is 1.19. The molecule has 0 unspecified atom stereocenters. The maximum atomic E-state index is 8.68. The molecule has 1 N–H and O–H groups in total. The first-order valence-electron chi connectivity index (χ1n) is 4.62. The van der Waals surface area contributed by atoms with Crippen LogP contribution in [-0.2, 0) is 11.4 Å². The van der Waals surface area contributed by atoms with E-state index < -0.39 is 0 Å². The molecule has 0 radical (unpaired) electrons. The van der Waals surface area contributed by atoms with Crippen LogP contribution < -0.4 is 5.48 Å². The Morgan fingerprint density at radius 2 is 2.29 bits per heavy atom. The van der Waals surface area contributed by atoms with Crippen molar-refractivity contribution in [3.8, 4) is 6.07 Å². The van der Waals surface area contributed by atoms with Gasteiger partial charge in [-0.15, -0.1) is 0 Å². The molecule has 3 heteroatoms. The minimum absolute atomic E-state index is 0.648. The third kappa shape index (κ3) is 2.84. The van der Waals surface area contributed by atoms with Crippen LogP contribution in [0.15, 0.2) is 18.2 Å². The van der Waals surface area contributed by atoms with Crippen molar-refractivity contribution >= 4 is 0 Å². The van der Waals surface area contributed by atoms with E-state index in [0.29, 0.717) is 18.7 Å². The summed E-state index contributed by atoms with van der Waals surface area (Å²) >= 11 is 0. The highest BCUT2D eigenvalue weighted by atomic mass is 16.6. The van der Waals surface area contributed by atoms with Gasteiger partial charge < -0.3 is 4.84 Å². The molecule has 0 aromatic heterocycles. The highest BCUT2D eigenvalue weighted by Crippen LogP contribution is 2.10. The summed E-state index contributed by atoms with van der Waals surface area (Å²) in [6.07, 6.45) is 0. The number of nitriles is 1. The van der Waals surface area contributed by atoms with Crippen LogP contribution in [-0.4, -0.2) is 6.61 Å². The van der Waals surface area contributed by atoms with E-state index in [0.717, 1.165) is 11.1 Å². The molecule has 1 aromatic carbocycles. The normalized spacial score (nSPS) is 9.79. The zero-order valence-corrected chi connectivity index (χ0v) is 8.50. The first-order valence-corrected chi connectivity index (χ1v) is 4.62. The smallest absolute Gasteiger partial charge is 0.0991 e. The SMILES string of the molecule is CCONCc1ccc(C#N)cc1C. The number of rotatable bonds is 4. The third-order valence-corrected chi connectivity index (χ3v) is 1.98. The fourth-order valence-electron chi connectivity index (χ4n) is 1.19. The van der Waals surface area contributed by atoms with Gasteiger partial charge in [0.1, 0.15) is 0 Å². The van der Waals surface area contributed by atoms with Gasteiger partial charge in [0.25, 0.3) is 0 Å². The lowest BCUT2D eigenvalue weighted by Crippen LogP contribution is -2.14. The Morgan fingerprint density at radius 3 is 2.86 bits per heavy atom. The Hall–Kier alpha value is -1.37. The summed E-state index contributed by atoms with van der Waals surface area (Å²) in [5.41, 5.74) is 5.80. The Labute approximate surface area is 84.3 Å². The van der Waals surface area contributed by atoms with E-state index in [-0.39, 0.29) is 0 Å². The largest absolute Gasteiger partial charge is 0.302 e. The molecule has 74 valence electrons. The van der Waals surface area contributed by atoms with E-state index in [1.54, 1.807) is 0 Å². The molecule has 0 saturated carbocycles. The van der Waals surface area contributed by atoms with Gasteiger partial charge in [-0.3, -0.25) is 0 Å². The van der Waals surface area contributed by atoms with Gasteiger partial charge in [-0.05, 0) is 37.1 Å². The molecule has 0 aliphatic rings. The number of hydroxylamine groups is 1. The molecule has 0 saturated heterocycles. The Bertz CT molecular complexity index is 342. The summed E-state index contributed by atoms with van der Waals surface area (Å²) < 4.78 is 0. The molecular formula is C11H14N2O. The van der Waals surface area contributed by atoms with Crippen LogP contribution in [0, 0.1) is 18.3 Å². The van der Waals surface area contributed by atoms with Crippen LogP contribution in [0.5, 0.6) is 0 Å². The van der Waals surface area contributed by atoms with Crippen molar-refractivity contribution in [2.24, 2.45) is 0 Å². The number of hydrogen-bond donors (Lipinski definition) is 1. The van der Waals surface area contributed by atoms with Crippen molar-refractivity contribution in [1.29, 1.82) is 5.26 Å². The van der Waals surface area contributed by atoms with Crippen molar-refractivity contribution in [2.45, 2.75) is 20.4 Å². The van der Waals surface area contributed by atoms with Crippen LogP contribution >= 0.6 is 0 Å². The number of nitrogens with one attached hydrogen (secondary N) is 1. The maximum Gasteiger partial charge on any atom is 0.0991 e. The fraction of sp³-hybridized carbons (Fsp3) is 0.364. The van der Waals surface area contributed by atoms with Crippen LogP contribution in [0.4, 0.5) is 0 Å². The second-order valence-corrected chi connectivity index (χ2v) is 3.01. The summed E-state index contributed by atoms with van der Waals surface area (Å²) in [5.74, 6) is 0. The van der Waals surface area contributed by atoms with Crippen LogP contribution in [0.25, 0.3) is 0 Å². The lowest BCUT2D eigenvalue weighted by molar-refractivity contribution is 0.0462. The molecule has 0 aliphatic carbocycles. The molecule has 14 heavy (non-hydrogen) atoms. The summed E-state index contributed by atoms with van der Waals surface area (Å²) in [7, 11) is 0. The zero-order valence-electron chi connectivity index (χ0n) is 8.50. The first-order chi connectivity index (χ1) is 6.77. The predicted molar refractivity (Wildman–Crippen MR) is 54.4 cm³/mol. The van der Waals surface area contributed by atoms with Gasteiger partial charge >= 0.3 is 0 Å². The molecule has 0 spiro atoms. The minimum atomic E-state index is 0.648. The van der Waals surface area contributed by atoms with Gasteiger partial charge in [0.05, 0.1) is 18.2 Å². The molecule has 0 atom stereocenters. The van der Waals surface area contributed by atoms with Gasteiger partial charge in [-0.1, -0.05) is 6.07 Å². The second-order valence-electron chi connectivity index (χ2n) is 3.01. The molecule has 1 rings (SSSR count). The van der Waals surface area contributed by atoms with Crippen molar-refractivity contribution in [2.75, 3.05) is 6.61 Å². The van der Waals surface area contributed by atoms with E-state index >= 15 is 0 Å². The zero-order chi connectivity index (χ0) is 10.4. The second kappa shape index (κ2) is 5.38. The molecule has 3 nitrogen and oxygen atoms in total. The van der Waals surface area contributed by atoms with E-state index in [1.165, 1.54) is 0 Å². The quantitative estimate of drug-likeness (QED) is 0.582. The van der Waals surface area contributed by atoms with Crippen LogP contribution in [0.1, 0.15) is 23.6 Å². The molecule has 0 heterocycles. The number of benzene rings is 1. The predicted octanol–water partition coefficient (Wildman–Crippen LogP) is 1.91. The monoisotopic (exact) mass is 190 g/mol. The number of hydrogen-bond acceptors (Lipinski definition) is 3. The number of aryl methyl sites for hydroxylation is 1. The van der Waals surface area contributed by atoms with E-state index in [9.17, 15) is 0 Å². The highest BCUT2D eigenvalue weighted by Gasteiger charge is 1.99. The molecule has 0 fully saturated rings. The summed E-state index contributed by atoms with van der Waals surface area (Å²) in [6.45, 7) is 5.24. The van der Waals surface area contributed by atoms with Gasteiger partial charge in [0, 0.05) is 6.54 Å². The Kier molecular flexibility index (Phi) is 4.11. The number of nitrogens with zero attached hydrogens (tertiary/aromatic N) is 1.